The van der Waals surface area contributed by atoms with Crippen LogP contribution in [0.4, 0.5) is 15.9 Å². The van der Waals surface area contributed by atoms with Crippen molar-refractivity contribution in [3.8, 4) is 5.75 Å². The fraction of sp³-hybridized carbons (Fsp3) is 0.500. The van der Waals surface area contributed by atoms with Crippen LogP contribution in [-0.4, -0.2) is 61.1 Å². The first kappa shape index (κ1) is 21.1. The number of benzene rings is 1. The summed E-state index contributed by atoms with van der Waals surface area (Å²) >= 11 is 0. The molecule has 29 heavy (non-hydrogen) atoms. The molecule has 158 valence electrons. The van der Waals surface area contributed by atoms with Crippen molar-refractivity contribution < 1.29 is 18.6 Å². The molecule has 1 fully saturated rings. The minimum absolute atomic E-state index is 0.0185. The quantitative estimate of drug-likeness (QED) is 0.541. The third-order valence-corrected chi connectivity index (χ3v) is 4.66. The first-order chi connectivity index (χ1) is 13.8. The monoisotopic (exact) mass is 405 g/mol. The van der Waals surface area contributed by atoms with Crippen LogP contribution in [-0.2, 0) is 16.5 Å². The van der Waals surface area contributed by atoms with Crippen LogP contribution in [0.25, 0.3) is 0 Å². The lowest BCUT2D eigenvalue weighted by Crippen LogP contribution is -2.45. The SMILES string of the molecule is COCC1CN(c2cc(C(=N)c3cc(OC(C)C)c(F)cc3N)nn2C)CCO1. The molecule has 0 radical (unpaired) electrons. The van der Waals surface area contributed by atoms with Crippen molar-refractivity contribution in [3.05, 3.63) is 35.3 Å². The maximum Gasteiger partial charge on any atom is 0.167 e. The second kappa shape index (κ2) is 8.79. The Hall–Kier alpha value is -2.65. The number of nitrogens with two attached hydrogens (primary N) is 1. The van der Waals surface area contributed by atoms with E-state index in [1.54, 1.807) is 11.8 Å². The van der Waals surface area contributed by atoms with Crippen molar-refractivity contribution in [1.29, 1.82) is 5.41 Å². The third kappa shape index (κ3) is 4.68. The molecule has 1 saturated heterocycles. The van der Waals surface area contributed by atoms with Crippen LogP contribution < -0.4 is 15.4 Å². The Balaban J connectivity index is 1.87. The van der Waals surface area contributed by atoms with Crippen molar-refractivity contribution in [3.63, 3.8) is 0 Å². The summed E-state index contributed by atoms with van der Waals surface area (Å²) in [5.74, 6) is 0.390. The molecule has 0 spiro atoms. The van der Waals surface area contributed by atoms with Crippen LogP contribution in [0, 0.1) is 11.2 Å². The van der Waals surface area contributed by atoms with Gasteiger partial charge in [0.05, 0.1) is 31.1 Å². The Morgan fingerprint density at radius 2 is 2.17 bits per heavy atom. The zero-order valence-corrected chi connectivity index (χ0v) is 17.2. The fourth-order valence-corrected chi connectivity index (χ4v) is 3.36. The highest BCUT2D eigenvalue weighted by atomic mass is 19.1. The molecule has 1 aromatic heterocycles. The van der Waals surface area contributed by atoms with Gasteiger partial charge in [-0.2, -0.15) is 5.10 Å². The van der Waals surface area contributed by atoms with Gasteiger partial charge >= 0.3 is 0 Å². The van der Waals surface area contributed by atoms with E-state index in [2.05, 4.69) is 10.00 Å². The zero-order chi connectivity index (χ0) is 21.1. The van der Waals surface area contributed by atoms with E-state index in [0.717, 1.165) is 12.4 Å². The van der Waals surface area contributed by atoms with E-state index < -0.39 is 5.82 Å². The minimum atomic E-state index is -0.549. The number of aryl methyl sites for hydroxylation is 1. The van der Waals surface area contributed by atoms with Gasteiger partial charge in [0.15, 0.2) is 11.6 Å². The second-order valence-corrected chi connectivity index (χ2v) is 7.32. The number of hydrogen-bond donors (Lipinski definition) is 2. The summed E-state index contributed by atoms with van der Waals surface area (Å²) in [6.45, 7) is 6.12. The number of anilines is 2. The van der Waals surface area contributed by atoms with Crippen molar-refractivity contribution in [2.75, 3.05) is 44.0 Å². The van der Waals surface area contributed by atoms with Crippen LogP contribution in [0.1, 0.15) is 25.1 Å². The van der Waals surface area contributed by atoms with Gasteiger partial charge in [0.25, 0.3) is 0 Å². The lowest BCUT2D eigenvalue weighted by molar-refractivity contribution is -0.0103. The molecule has 0 amide bonds. The summed E-state index contributed by atoms with van der Waals surface area (Å²) in [4.78, 5) is 2.15. The fourth-order valence-electron chi connectivity index (χ4n) is 3.36. The van der Waals surface area contributed by atoms with Crippen molar-refractivity contribution in [2.45, 2.75) is 26.1 Å². The average Bonchev–Trinajstić information content (AvgIpc) is 3.05. The van der Waals surface area contributed by atoms with Crippen LogP contribution in [0.5, 0.6) is 5.75 Å². The first-order valence-corrected chi connectivity index (χ1v) is 9.54. The van der Waals surface area contributed by atoms with Gasteiger partial charge in [-0.15, -0.1) is 0 Å². The van der Waals surface area contributed by atoms with Crippen molar-refractivity contribution >= 4 is 17.2 Å². The molecule has 1 aromatic carbocycles. The summed E-state index contributed by atoms with van der Waals surface area (Å²) in [6, 6.07) is 4.48. The predicted octanol–water partition coefficient (Wildman–Crippen LogP) is 2.20. The number of nitrogen functional groups attached to an aromatic ring is 1. The van der Waals surface area contributed by atoms with Crippen LogP contribution in [0.3, 0.4) is 0 Å². The molecule has 0 bridgehead atoms. The Kier molecular flexibility index (Phi) is 6.39. The van der Waals surface area contributed by atoms with Gasteiger partial charge in [-0.25, -0.2) is 4.39 Å². The highest BCUT2D eigenvalue weighted by Crippen LogP contribution is 2.28. The van der Waals surface area contributed by atoms with E-state index in [1.807, 2.05) is 27.0 Å². The van der Waals surface area contributed by atoms with E-state index in [9.17, 15) is 4.39 Å². The molecule has 1 unspecified atom stereocenters. The summed E-state index contributed by atoms with van der Waals surface area (Å²) < 4.78 is 32.3. The Morgan fingerprint density at radius 3 is 2.86 bits per heavy atom. The average molecular weight is 405 g/mol. The topological polar surface area (TPSA) is 98.6 Å². The molecular weight excluding hydrogens is 377 g/mol. The molecule has 1 aliphatic rings. The standard InChI is InChI=1S/C20H28FN5O3/c1-12(2)29-18-7-14(16(22)8-15(18)21)20(23)17-9-19(25(3)24-17)26-5-6-28-13(10-26)11-27-4/h7-9,12-13,23H,5-6,10-11,22H2,1-4H3. The molecular formula is C20H28FN5O3. The number of rotatable bonds is 7. The van der Waals surface area contributed by atoms with Gasteiger partial charge < -0.3 is 24.8 Å². The van der Waals surface area contributed by atoms with Crippen LogP contribution in [0.15, 0.2) is 18.2 Å². The predicted molar refractivity (Wildman–Crippen MR) is 110 cm³/mol. The molecule has 3 rings (SSSR count). The summed E-state index contributed by atoms with van der Waals surface area (Å²) in [7, 11) is 3.48. The van der Waals surface area contributed by atoms with Crippen LogP contribution in [0.2, 0.25) is 0 Å². The van der Waals surface area contributed by atoms with Gasteiger partial charge in [-0.05, 0) is 19.9 Å². The first-order valence-electron chi connectivity index (χ1n) is 9.54. The second-order valence-electron chi connectivity index (χ2n) is 7.32. The van der Waals surface area contributed by atoms with Gasteiger partial charge in [0.1, 0.15) is 11.5 Å². The highest BCUT2D eigenvalue weighted by molar-refractivity contribution is 6.13. The Morgan fingerprint density at radius 1 is 1.41 bits per heavy atom. The van der Waals surface area contributed by atoms with E-state index in [-0.39, 0.29) is 29.4 Å². The van der Waals surface area contributed by atoms with Crippen LogP contribution >= 0.6 is 0 Å². The van der Waals surface area contributed by atoms with Crippen molar-refractivity contribution in [2.24, 2.45) is 7.05 Å². The number of morpholine rings is 1. The summed E-state index contributed by atoms with van der Waals surface area (Å²) in [6.07, 6.45) is -0.215. The maximum absolute atomic E-state index is 14.1. The van der Waals surface area contributed by atoms with Gasteiger partial charge in [0, 0.05) is 50.6 Å². The highest BCUT2D eigenvalue weighted by Gasteiger charge is 2.24. The van der Waals surface area contributed by atoms with Gasteiger partial charge in [-0.1, -0.05) is 0 Å². The number of hydrogen-bond acceptors (Lipinski definition) is 7. The lowest BCUT2D eigenvalue weighted by Gasteiger charge is -2.33. The molecule has 8 nitrogen and oxygen atoms in total. The van der Waals surface area contributed by atoms with E-state index in [1.165, 1.54) is 12.1 Å². The molecule has 2 aromatic rings. The number of nitrogens with zero attached hydrogens (tertiary/aromatic N) is 3. The molecule has 1 atom stereocenters. The number of nitrogens with one attached hydrogen (secondary N) is 1. The lowest BCUT2D eigenvalue weighted by atomic mass is 10.0. The normalized spacial score (nSPS) is 17.0. The maximum atomic E-state index is 14.1. The molecule has 0 aliphatic carbocycles. The molecule has 2 heterocycles. The summed E-state index contributed by atoms with van der Waals surface area (Å²) in [5, 5.41) is 13.1. The minimum Gasteiger partial charge on any atom is -0.488 e. The largest absolute Gasteiger partial charge is 0.488 e. The molecule has 1 aliphatic heterocycles. The van der Waals surface area contributed by atoms with E-state index >= 15 is 0 Å². The summed E-state index contributed by atoms with van der Waals surface area (Å²) in [5.41, 5.74) is 7.10. The van der Waals surface area contributed by atoms with E-state index in [0.29, 0.717) is 31.0 Å². The van der Waals surface area contributed by atoms with E-state index in [4.69, 9.17) is 25.4 Å². The molecule has 0 saturated carbocycles. The number of methoxy groups -OCH3 is 1. The number of ether oxygens (including phenoxy) is 3. The van der Waals surface area contributed by atoms with Gasteiger partial charge in [-0.3, -0.25) is 10.1 Å². The van der Waals surface area contributed by atoms with Crippen molar-refractivity contribution in [1.82, 2.24) is 9.78 Å². The third-order valence-electron chi connectivity index (χ3n) is 4.66. The smallest absolute Gasteiger partial charge is 0.167 e. The Bertz CT molecular complexity index is 881. The van der Waals surface area contributed by atoms with Gasteiger partial charge in [0.2, 0.25) is 0 Å². The molecule has 3 N–H and O–H groups in total. The Labute approximate surface area is 169 Å². The molecule has 9 heteroatoms. The zero-order valence-electron chi connectivity index (χ0n) is 17.2. The number of halogens is 1. The number of aromatic nitrogens is 2.